The molecule has 0 radical (unpaired) electrons. The largest absolute Gasteiger partial charge is 0.444 e. The molecule has 0 fully saturated rings. The monoisotopic (exact) mass is 444 g/mol. The van der Waals surface area contributed by atoms with E-state index in [2.05, 4.69) is 15.6 Å². The molecule has 31 heavy (non-hydrogen) atoms. The van der Waals surface area contributed by atoms with Crippen LogP contribution < -0.4 is 16.4 Å². The Labute approximate surface area is 183 Å². The van der Waals surface area contributed by atoms with Gasteiger partial charge in [-0.2, -0.15) is 0 Å². The molecular weight excluding hydrogens is 423 g/mol. The fourth-order valence-corrected chi connectivity index (χ4v) is 3.15. The second kappa shape index (κ2) is 10.2. The number of nitrogens with one attached hydrogen (secondary N) is 2. The molecule has 4 N–H and O–H groups in total. The minimum atomic E-state index is -0.856. The summed E-state index contributed by atoms with van der Waals surface area (Å²) in [4.78, 5) is 28.2. The number of fused-ring (bicyclic) bond motifs is 1. The van der Waals surface area contributed by atoms with Crippen molar-refractivity contribution < 1.29 is 18.7 Å². The van der Waals surface area contributed by atoms with Crippen LogP contribution >= 0.6 is 11.6 Å². The van der Waals surface area contributed by atoms with Crippen molar-refractivity contribution in [2.75, 3.05) is 11.9 Å². The van der Waals surface area contributed by atoms with Crippen LogP contribution in [0.15, 0.2) is 54.7 Å². The molecule has 2 atom stereocenters. The van der Waals surface area contributed by atoms with Gasteiger partial charge in [0.2, 0.25) is 5.91 Å². The van der Waals surface area contributed by atoms with Crippen LogP contribution in [0.5, 0.6) is 0 Å². The number of amides is 2. The number of carbonyl (C=O) groups excluding carboxylic acids is 2. The zero-order valence-electron chi connectivity index (χ0n) is 16.8. The highest BCUT2D eigenvalue weighted by molar-refractivity contribution is 6.31. The molecule has 1 heterocycles. The SMILES string of the molecule is CC(C(N)=O)C(CNCc1cccc(F)c1Cl)OC(=O)Nc1cc2ccccc2cn1. The summed E-state index contributed by atoms with van der Waals surface area (Å²) >= 11 is 5.95. The number of nitrogens with two attached hydrogens (primary N) is 1. The lowest BCUT2D eigenvalue weighted by atomic mass is 10.0. The molecule has 2 unspecified atom stereocenters. The smallest absolute Gasteiger partial charge is 0.413 e. The number of nitrogens with zero attached hydrogens (tertiary/aromatic N) is 1. The van der Waals surface area contributed by atoms with Gasteiger partial charge in [-0.25, -0.2) is 14.2 Å². The third kappa shape index (κ3) is 5.90. The summed E-state index contributed by atoms with van der Waals surface area (Å²) in [6.45, 7) is 1.89. The number of halogens is 2. The molecule has 0 saturated carbocycles. The van der Waals surface area contributed by atoms with Crippen LogP contribution in [0.2, 0.25) is 5.02 Å². The van der Waals surface area contributed by atoms with Crippen molar-refractivity contribution in [3.05, 3.63) is 71.1 Å². The second-order valence-electron chi connectivity index (χ2n) is 7.02. The Morgan fingerprint density at radius 2 is 1.94 bits per heavy atom. The van der Waals surface area contributed by atoms with Crippen molar-refractivity contribution in [1.82, 2.24) is 10.3 Å². The molecule has 0 spiro atoms. The second-order valence-corrected chi connectivity index (χ2v) is 7.40. The lowest BCUT2D eigenvalue weighted by molar-refractivity contribution is -0.124. The number of rotatable bonds is 8. The lowest BCUT2D eigenvalue weighted by Gasteiger charge is -2.23. The van der Waals surface area contributed by atoms with Crippen LogP contribution in [0.3, 0.4) is 0 Å². The summed E-state index contributed by atoms with van der Waals surface area (Å²) in [6, 6.07) is 13.8. The standard InChI is InChI=1S/C22H22ClFN4O3/c1-13(21(25)29)18(12-26-10-16-7-4-8-17(24)20(16)23)31-22(30)28-19-9-14-5-2-3-6-15(14)11-27-19/h2-9,11,13,18,26H,10,12H2,1H3,(H2,25,29)(H,27,28,30). The first-order chi connectivity index (χ1) is 14.8. The van der Waals surface area contributed by atoms with Crippen LogP contribution in [-0.2, 0) is 16.1 Å². The van der Waals surface area contributed by atoms with Gasteiger partial charge in [-0.3, -0.25) is 10.1 Å². The summed E-state index contributed by atoms with van der Waals surface area (Å²) in [6.07, 6.45) is 0.00965. The first-order valence-corrected chi connectivity index (χ1v) is 9.98. The van der Waals surface area contributed by atoms with Gasteiger partial charge >= 0.3 is 6.09 Å². The number of hydrogen-bond acceptors (Lipinski definition) is 5. The summed E-state index contributed by atoms with van der Waals surface area (Å²) in [5, 5.41) is 7.43. The van der Waals surface area contributed by atoms with Crippen molar-refractivity contribution >= 4 is 40.2 Å². The molecule has 0 aliphatic rings. The molecular formula is C22H22ClFN4O3. The Hall–Kier alpha value is -3.23. The van der Waals surface area contributed by atoms with E-state index in [1.54, 1.807) is 31.3 Å². The first kappa shape index (κ1) is 22.5. The highest BCUT2D eigenvalue weighted by Crippen LogP contribution is 2.20. The molecule has 1 aromatic heterocycles. The van der Waals surface area contributed by atoms with Crippen LogP contribution in [0.25, 0.3) is 10.8 Å². The number of ether oxygens (including phenoxy) is 1. The van der Waals surface area contributed by atoms with Gasteiger partial charge in [0.15, 0.2) is 0 Å². The zero-order chi connectivity index (χ0) is 22.4. The van der Waals surface area contributed by atoms with Crippen LogP contribution in [-0.4, -0.2) is 29.6 Å². The minimum Gasteiger partial charge on any atom is -0.444 e. The fourth-order valence-electron chi connectivity index (χ4n) is 2.96. The van der Waals surface area contributed by atoms with Gasteiger partial charge in [0.05, 0.1) is 10.9 Å². The Bertz CT molecular complexity index is 1100. The van der Waals surface area contributed by atoms with E-state index in [0.717, 1.165) is 10.8 Å². The minimum absolute atomic E-state index is 0.00976. The van der Waals surface area contributed by atoms with Gasteiger partial charge in [-0.05, 0) is 30.0 Å². The van der Waals surface area contributed by atoms with E-state index in [1.165, 1.54) is 6.07 Å². The lowest BCUT2D eigenvalue weighted by Crippen LogP contribution is -2.42. The number of carbonyl (C=O) groups is 2. The van der Waals surface area contributed by atoms with Gasteiger partial charge < -0.3 is 15.8 Å². The predicted molar refractivity (Wildman–Crippen MR) is 117 cm³/mol. The topological polar surface area (TPSA) is 106 Å². The summed E-state index contributed by atoms with van der Waals surface area (Å²) in [5.41, 5.74) is 5.93. The van der Waals surface area contributed by atoms with Gasteiger partial charge in [0.1, 0.15) is 17.7 Å². The first-order valence-electron chi connectivity index (χ1n) is 9.60. The highest BCUT2D eigenvalue weighted by Gasteiger charge is 2.26. The van der Waals surface area contributed by atoms with Crippen LogP contribution in [0.1, 0.15) is 12.5 Å². The maximum atomic E-state index is 13.6. The normalized spacial score (nSPS) is 12.9. The molecule has 0 aliphatic carbocycles. The van der Waals surface area contributed by atoms with Crippen molar-refractivity contribution in [2.45, 2.75) is 19.6 Å². The molecule has 2 aromatic carbocycles. The van der Waals surface area contributed by atoms with Crippen LogP contribution in [0.4, 0.5) is 15.0 Å². The molecule has 2 amide bonds. The molecule has 0 aliphatic heterocycles. The Morgan fingerprint density at radius 1 is 1.19 bits per heavy atom. The van der Waals surface area contributed by atoms with Crippen LogP contribution in [0, 0.1) is 11.7 Å². The zero-order valence-corrected chi connectivity index (χ0v) is 17.5. The van der Waals surface area contributed by atoms with Crippen molar-refractivity contribution in [3.63, 3.8) is 0 Å². The van der Waals surface area contributed by atoms with Gasteiger partial charge in [0.25, 0.3) is 0 Å². The van der Waals surface area contributed by atoms with E-state index in [-0.39, 0.29) is 18.1 Å². The number of aromatic nitrogens is 1. The van der Waals surface area contributed by atoms with E-state index in [9.17, 15) is 14.0 Å². The number of hydrogen-bond donors (Lipinski definition) is 3. The molecule has 162 valence electrons. The number of benzene rings is 2. The van der Waals surface area contributed by atoms with Gasteiger partial charge in [-0.1, -0.05) is 48.0 Å². The van der Waals surface area contributed by atoms with E-state index in [4.69, 9.17) is 22.1 Å². The molecule has 7 nitrogen and oxygen atoms in total. The molecule has 3 aromatic rings. The van der Waals surface area contributed by atoms with Gasteiger partial charge in [0, 0.05) is 24.7 Å². The molecule has 0 bridgehead atoms. The molecule has 0 saturated heterocycles. The summed E-state index contributed by atoms with van der Waals surface area (Å²) < 4.78 is 19.0. The number of pyridine rings is 1. The van der Waals surface area contributed by atoms with Gasteiger partial charge in [-0.15, -0.1) is 0 Å². The average molecular weight is 445 g/mol. The third-order valence-corrected chi connectivity index (χ3v) is 5.24. The molecule has 3 rings (SSSR count). The molecule has 9 heteroatoms. The fraction of sp³-hybridized carbons (Fsp3) is 0.227. The maximum Gasteiger partial charge on any atom is 0.413 e. The summed E-state index contributed by atoms with van der Waals surface area (Å²) in [5.74, 6) is -1.59. The number of primary amides is 1. The maximum absolute atomic E-state index is 13.6. The third-order valence-electron chi connectivity index (χ3n) is 4.82. The number of anilines is 1. The van der Waals surface area contributed by atoms with E-state index >= 15 is 0 Å². The highest BCUT2D eigenvalue weighted by atomic mass is 35.5. The van der Waals surface area contributed by atoms with E-state index in [1.807, 2.05) is 24.3 Å². The van der Waals surface area contributed by atoms with Crippen molar-refractivity contribution in [2.24, 2.45) is 11.7 Å². The van der Waals surface area contributed by atoms with Crippen molar-refractivity contribution in [1.29, 1.82) is 0 Å². The average Bonchev–Trinajstić information content (AvgIpc) is 2.75. The Morgan fingerprint density at radius 3 is 2.68 bits per heavy atom. The Kier molecular flexibility index (Phi) is 7.38. The van der Waals surface area contributed by atoms with Crippen molar-refractivity contribution in [3.8, 4) is 0 Å². The van der Waals surface area contributed by atoms with E-state index < -0.39 is 29.8 Å². The summed E-state index contributed by atoms with van der Waals surface area (Å²) in [7, 11) is 0. The van der Waals surface area contributed by atoms with E-state index in [0.29, 0.717) is 11.4 Å². The quantitative estimate of drug-likeness (QED) is 0.489. The Balaban J connectivity index is 1.63. The predicted octanol–water partition coefficient (Wildman–Crippen LogP) is 3.86.